The Labute approximate surface area is 96.2 Å². The van der Waals surface area contributed by atoms with Gasteiger partial charge < -0.3 is 9.84 Å². The number of hydrogen-bond acceptors (Lipinski definition) is 4. The molecule has 5 heteroatoms. The van der Waals surface area contributed by atoms with Crippen LogP contribution in [-0.4, -0.2) is 35.7 Å². The third-order valence-electron chi connectivity index (χ3n) is 2.26. The lowest BCUT2D eigenvalue weighted by Crippen LogP contribution is -2.54. The summed E-state index contributed by atoms with van der Waals surface area (Å²) in [6.45, 7) is 6.97. The number of esters is 1. The van der Waals surface area contributed by atoms with Crippen LogP contribution >= 0.6 is 0 Å². The zero-order valence-corrected chi connectivity index (χ0v) is 10.5. The minimum absolute atomic E-state index is 0.279. The van der Waals surface area contributed by atoms with Crippen LogP contribution in [0, 0.1) is 5.92 Å². The highest BCUT2D eigenvalue weighted by molar-refractivity contribution is 5.80. The summed E-state index contributed by atoms with van der Waals surface area (Å²) in [5.74, 6) is -1.14. The van der Waals surface area contributed by atoms with E-state index in [1.807, 2.05) is 13.8 Å². The lowest BCUT2D eigenvalue weighted by Gasteiger charge is -2.27. The molecule has 0 aliphatic heterocycles. The molecule has 0 aromatic carbocycles. The van der Waals surface area contributed by atoms with Crippen molar-refractivity contribution in [2.45, 2.75) is 45.7 Å². The first kappa shape index (κ1) is 14.9. The van der Waals surface area contributed by atoms with Crippen LogP contribution in [0.25, 0.3) is 0 Å². The number of ether oxygens (including phenoxy) is 1. The summed E-state index contributed by atoms with van der Waals surface area (Å²) in [7, 11) is 1.30. The van der Waals surface area contributed by atoms with Crippen molar-refractivity contribution in [3.05, 3.63) is 0 Å². The van der Waals surface area contributed by atoms with E-state index < -0.39 is 23.5 Å². The topological polar surface area (TPSA) is 75.6 Å². The molecule has 0 heterocycles. The van der Waals surface area contributed by atoms with Gasteiger partial charge in [0.05, 0.1) is 7.11 Å². The Morgan fingerprint density at radius 2 is 1.88 bits per heavy atom. The molecule has 0 saturated carbocycles. The monoisotopic (exact) mass is 231 g/mol. The molecular weight excluding hydrogens is 210 g/mol. The summed E-state index contributed by atoms with van der Waals surface area (Å²) in [5.41, 5.74) is -1.15. The zero-order valence-electron chi connectivity index (χ0n) is 10.5. The number of carboxylic acid groups (broad SMARTS) is 1. The van der Waals surface area contributed by atoms with Gasteiger partial charge in [-0.2, -0.15) is 0 Å². The summed E-state index contributed by atoms with van der Waals surface area (Å²) in [5, 5.41) is 11.8. The molecule has 0 amide bonds. The fraction of sp³-hybridized carbons (Fsp3) is 0.818. The number of carboxylic acids is 1. The molecule has 0 rings (SSSR count). The maximum absolute atomic E-state index is 11.5. The SMILES string of the molecule is COC(=O)C(CC(C)C)NC(C)(C)C(=O)O. The maximum Gasteiger partial charge on any atom is 0.323 e. The standard InChI is InChI=1S/C11H21NO4/c1-7(2)6-8(9(13)16-5)12-11(3,4)10(14)15/h7-8,12H,6H2,1-5H3,(H,14,15). The molecular formula is C11H21NO4. The molecule has 0 fully saturated rings. The van der Waals surface area contributed by atoms with Gasteiger partial charge in [-0.15, -0.1) is 0 Å². The van der Waals surface area contributed by atoms with Crippen molar-refractivity contribution >= 4 is 11.9 Å². The zero-order chi connectivity index (χ0) is 12.9. The Morgan fingerprint density at radius 3 is 2.19 bits per heavy atom. The smallest absolute Gasteiger partial charge is 0.323 e. The number of hydrogen-bond donors (Lipinski definition) is 2. The van der Waals surface area contributed by atoms with E-state index in [-0.39, 0.29) is 5.92 Å². The Morgan fingerprint density at radius 1 is 1.38 bits per heavy atom. The summed E-state index contributed by atoms with van der Waals surface area (Å²) >= 11 is 0. The molecule has 5 nitrogen and oxygen atoms in total. The minimum atomic E-state index is -1.15. The van der Waals surface area contributed by atoms with Gasteiger partial charge in [-0.1, -0.05) is 13.8 Å². The predicted octanol–water partition coefficient (Wildman–Crippen LogP) is 1.03. The number of aliphatic carboxylic acids is 1. The first-order chi connectivity index (χ1) is 7.20. The van der Waals surface area contributed by atoms with Gasteiger partial charge in [0.15, 0.2) is 0 Å². The van der Waals surface area contributed by atoms with Gasteiger partial charge in [0.1, 0.15) is 11.6 Å². The molecule has 0 spiro atoms. The molecule has 0 aliphatic rings. The predicted molar refractivity (Wildman–Crippen MR) is 60.1 cm³/mol. The van der Waals surface area contributed by atoms with Crippen LogP contribution in [0.1, 0.15) is 34.1 Å². The fourth-order valence-electron chi connectivity index (χ4n) is 1.33. The van der Waals surface area contributed by atoms with E-state index in [4.69, 9.17) is 5.11 Å². The Bertz CT molecular complexity index is 261. The molecule has 2 N–H and O–H groups in total. The highest BCUT2D eigenvalue weighted by Gasteiger charge is 2.33. The number of methoxy groups -OCH3 is 1. The summed E-state index contributed by atoms with van der Waals surface area (Å²) in [6.07, 6.45) is 0.545. The van der Waals surface area contributed by atoms with Crippen molar-refractivity contribution in [3.63, 3.8) is 0 Å². The second-order valence-corrected chi connectivity index (χ2v) is 4.78. The minimum Gasteiger partial charge on any atom is -0.480 e. The number of carbonyl (C=O) groups excluding carboxylic acids is 1. The van der Waals surface area contributed by atoms with Crippen LogP contribution in [0.15, 0.2) is 0 Å². The van der Waals surface area contributed by atoms with Crippen LogP contribution in [0.5, 0.6) is 0 Å². The molecule has 1 atom stereocenters. The van der Waals surface area contributed by atoms with Gasteiger partial charge in [0.25, 0.3) is 0 Å². The fourth-order valence-corrected chi connectivity index (χ4v) is 1.33. The molecule has 94 valence electrons. The van der Waals surface area contributed by atoms with Crippen molar-refractivity contribution in [3.8, 4) is 0 Å². The highest BCUT2D eigenvalue weighted by Crippen LogP contribution is 2.11. The van der Waals surface area contributed by atoms with Crippen LogP contribution in [0.2, 0.25) is 0 Å². The van der Waals surface area contributed by atoms with Gasteiger partial charge in [-0.3, -0.25) is 14.9 Å². The normalized spacial score (nSPS) is 13.6. The van der Waals surface area contributed by atoms with E-state index in [0.29, 0.717) is 6.42 Å². The first-order valence-corrected chi connectivity index (χ1v) is 5.29. The lowest BCUT2D eigenvalue weighted by molar-refractivity contribution is -0.147. The molecule has 0 saturated heterocycles. The Balaban J connectivity index is 4.66. The van der Waals surface area contributed by atoms with Crippen molar-refractivity contribution in [2.24, 2.45) is 5.92 Å². The van der Waals surface area contributed by atoms with Gasteiger partial charge >= 0.3 is 11.9 Å². The van der Waals surface area contributed by atoms with Crippen LogP contribution in [0.3, 0.4) is 0 Å². The van der Waals surface area contributed by atoms with Gasteiger partial charge in [-0.05, 0) is 26.2 Å². The lowest BCUT2D eigenvalue weighted by atomic mass is 9.99. The molecule has 0 aromatic heterocycles. The summed E-state index contributed by atoms with van der Waals surface area (Å²) in [4.78, 5) is 22.4. The van der Waals surface area contributed by atoms with Crippen molar-refractivity contribution in [2.75, 3.05) is 7.11 Å². The second-order valence-electron chi connectivity index (χ2n) is 4.78. The van der Waals surface area contributed by atoms with Crippen LogP contribution in [0.4, 0.5) is 0 Å². The maximum atomic E-state index is 11.5. The molecule has 0 radical (unpaired) electrons. The average molecular weight is 231 g/mol. The van der Waals surface area contributed by atoms with Crippen LogP contribution in [-0.2, 0) is 14.3 Å². The Kier molecular flexibility index (Phi) is 5.44. The molecule has 1 unspecified atom stereocenters. The van der Waals surface area contributed by atoms with Crippen molar-refractivity contribution in [1.82, 2.24) is 5.32 Å². The number of rotatable bonds is 6. The number of carbonyl (C=O) groups is 2. The third kappa shape index (κ3) is 4.61. The number of nitrogens with one attached hydrogen (secondary N) is 1. The first-order valence-electron chi connectivity index (χ1n) is 5.29. The second kappa shape index (κ2) is 5.84. The average Bonchev–Trinajstić information content (AvgIpc) is 2.14. The van der Waals surface area contributed by atoms with Crippen molar-refractivity contribution < 1.29 is 19.4 Å². The van der Waals surface area contributed by atoms with E-state index in [0.717, 1.165) is 0 Å². The largest absolute Gasteiger partial charge is 0.480 e. The Hall–Kier alpha value is -1.10. The highest BCUT2D eigenvalue weighted by atomic mass is 16.5. The summed E-state index contributed by atoms with van der Waals surface area (Å²) < 4.78 is 4.64. The molecule has 0 bridgehead atoms. The van der Waals surface area contributed by atoms with E-state index in [1.165, 1.54) is 21.0 Å². The molecule has 16 heavy (non-hydrogen) atoms. The third-order valence-corrected chi connectivity index (χ3v) is 2.26. The quantitative estimate of drug-likeness (QED) is 0.668. The van der Waals surface area contributed by atoms with E-state index in [1.54, 1.807) is 0 Å². The van der Waals surface area contributed by atoms with Gasteiger partial charge in [0.2, 0.25) is 0 Å². The summed E-state index contributed by atoms with van der Waals surface area (Å²) in [6, 6.07) is -0.587. The van der Waals surface area contributed by atoms with E-state index in [2.05, 4.69) is 10.1 Å². The molecule has 0 aliphatic carbocycles. The van der Waals surface area contributed by atoms with E-state index >= 15 is 0 Å². The van der Waals surface area contributed by atoms with Crippen LogP contribution < -0.4 is 5.32 Å². The van der Waals surface area contributed by atoms with E-state index in [9.17, 15) is 9.59 Å². The van der Waals surface area contributed by atoms with Gasteiger partial charge in [-0.25, -0.2) is 0 Å². The van der Waals surface area contributed by atoms with Gasteiger partial charge in [0, 0.05) is 0 Å². The van der Waals surface area contributed by atoms with Crippen molar-refractivity contribution in [1.29, 1.82) is 0 Å². The molecule has 0 aromatic rings.